The van der Waals surface area contributed by atoms with Gasteiger partial charge in [0.25, 0.3) is 5.91 Å². The first-order valence-electron chi connectivity index (χ1n) is 7.22. The van der Waals surface area contributed by atoms with Gasteiger partial charge in [0.05, 0.1) is 16.9 Å². The topological polar surface area (TPSA) is 97.2 Å². The van der Waals surface area contributed by atoms with Crippen LogP contribution in [0.15, 0.2) is 46.0 Å². The molecule has 0 fully saturated rings. The van der Waals surface area contributed by atoms with Gasteiger partial charge in [0.2, 0.25) is 0 Å². The van der Waals surface area contributed by atoms with Crippen molar-refractivity contribution in [3.05, 3.63) is 55.6 Å². The lowest BCUT2D eigenvalue weighted by Gasteiger charge is -2.12. The maximum atomic E-state index is 12.0. The Kier molecular flexibility index (Phi) is 7.39. The summed E-state index contributed by atoms with van der Waals surface area (Å²) in [5.41, 5.74) is 3.57. The average molecular weight is 533 g/mol. The van der Waals surface area contributed by atoms with Gasteiger partial charge in [-0.15, -0.1) is 0 Å². The third kappa shape index (κ3) is 5.70. The highest BCUT2D eigenvalue weighted by Gasteiger charge is 2.12. The monoisotopic (exact) mass is 532 g/mol. The Hall–Kier alpha value is -2.14. The minimum atomic E-state index is -1.08. The normalized spacial score (nSPS) is 10.6. The van der Waals surface area contributed by atoms with Crippen LogP contribution in [0.5, 0.6) is 11.5 Å². The molecule has 136 valence electrons. The molecule has 0 aliphatic rings. The second-order valence-electron chi connectivity index (χ2n) is 4.93. The van der Waals surface area contributed by atoms with Crippen LogP contribution in [0.2, 0.25) is 0 Å². The Morgan fingerprint density at radius 3 is 2.77 bits per heavy atom. The van der Waals surface area contributed by atoms with E-state index in [4.69, 9.17) is 14.6 Å². The molecule has 26 heavy (non-hydrogen) atoms. The van der Waals surface area contributed by atoms with Crippen LogP contribution < -0.4 is 14.9 Å². The van der Waals surface area contributed by atoms with E-state index in [0.29, 0.717) is 26.2 Å². The largest absolute Gasteiger partial charge is 0.493 e. The number of aliphatic carboxylic acids is 1. The molecule has 2 N–H and O–H groups in total. The van der Waals surface area contributed by atoms with Gasteiger partial charge >= 0.3 is 5.97 Å². The molecule has 0 heterocycles. The maximum absolute atomic E-state index is 12.0. The van der Waals surface area contributed by atoms with Crippen molar-refractivity contribution in [1.82, 2.24) is 5.43 Å². The third-order valence-electron chi connectivity index (χ3n) is 3.06. The molecule has 2 rings (SSSR count). The predicted octanol–water partition coefficient (Wildman–Crippen LogP) is 3.29. The number of carboxylic acid groups (broad SMARTS) is 1. The van der Waals surface area contributed by atoms with E-state index >= 15 is 0 Å². The van der Waals surface area contributed by atoms with Crippen LogP contribution >= 0.6 is 38.5 Å². The van der Waals surface area contributed by atoms with Gasteiger partial charge in [0, 0.05) is 10.0 Å². The van der Waals surface area contributed by atoms with Crippen molar-refractivity contribution >= 4 is 56.6 Å². The second kappa shape index (κ2) is 9.53. The van der Waals surface area contributed by atoms with Crippen molar-refractivity contribution in [3.8, 4) is 11.5 Å². The highest BCUT2D eigenvalue weighted by Crippen LogP contribution is 2.33. The van der Waals surface area contributed by atoms with Crippen molar-refractivity contribution in [2.45, 2.75) is 0 Å². The van der Waals surface area contributed by atoms with Gasteiger partial charge in [-0.25, -0.2) is 10.2 Å². The molecular formula is C17H14BrIN2O5. The summed E-state index contributed by atoms with van der Waals surface area (Å²) in [5.74, 6) is -0.710. The van der Waals surface area contributed by atoms with E-state index in [1.165, 1.54) is 13.3 Å². The number of halogens is 2. The fourth-order valence-electron chi connectivity index (χ4n) is 1.95. The summed E-state index contributed by atoms with van der Waals surface area (Å²) < 4.78 is 11.9. The molecule has 9 heteroatoms. The summed E-state index contributed by atoms with van der Waals surface area (Å²) in [6.45, 7) is -0.470. The summed E-state index contributed by atoms with van der Waals surface area (Å²) >= 11 is 5.31. The molecule has 0 spiro atoms. The summed E-state index contributed by atoms with van der Waals surface area (Å²) in [6.07, 6.45) is 1.46. The molecule has 0 bridgehead atoms. The molecule has 0 atom stereocenters. The van der Waals surface area contributed by atoms with Crippen molar-refractivity contribution in [2.75, 3.05) is 13.7 Å². The summed E-state index contributed by atoms with van der Waals surface area (Å²) in [6, 6.07) is 10.3. The quantitative estimate of drug-likeness (QED) is 0.324. The molecule has 0 saturated carbocycles. The number of amides is 1. The Labute approximate surface area is 171 Å². The maximum Gasteiger partial charge on any atom is 0.341 e. The number of nitrogens with one attached hydrogen (secondary N) is 1. The van der Waals surface area contributed by atoms with Crippen LogP contribution in [0.3, 0.4) is 0 Å². The van der Waals surface area contributed by atoms with Crippen molar-refractivity contribution < 1.29 is 24.2 Å². The molecule has 0 radical (unpaired) electrons. The zero-order valence-corrected chi connectivity index (χ0v) is 17.3. The molecule has 0 saturated heterocycles. The van der Waals surface area contributed by atoms with Crippen molar-refractivity contribution in [2.24, 2.45) is 5.10 Å². The molecule has 1 amide bonds. The van der Waals surface area contributed by atoms with E-state index in [2.05, 4.69) is 26.5 Å². The third-order valence-corrected chi connectivity index (χ3v) is 4.35. The van der Waals surface area contributed by atoms with E-state index in [1.54, 1.807) is 30.3 Å². The lowest BCUT2D eigenvalue weighted by Crippen LogP contribution is -2.17. The lowest BCUT2D eigenvalue weighted by atomic mass is 10.2. The second-order valence-corrected chi connectivity index (χ2v) is 7.00. The number of methoxy groups -OCH3 is 1. The van der Waals surface area contributed by atoms with Gasteiger partial charge in [0.15, 0.2) is 18.1 Å². The van der Waals surface area contributed by atoms with Gasteiger partial charge in [-0.2, -0.15) is 5.10 Å². The molecule has 2 aromatic rings. The van der Waals surface area contributed by atoms with E-state index in [-0.39, 0.29) is 5.91 Å². The number of carbonyl (C=O) groups excluding carboxylic acids is 1. The van der Waals surface area contributed by atoms with E-state index in [1.807, 2.05) is 28.7 Å². The number of rotatable bonds is 7. The standard InChI is InChI=1S/C17H14BrIN2O5/c1-25-14-6-10(5-13(19)16(14)26-9-15(22)23)8-20-21-17(24)11-3-2-4-12(18)7-11/h2-8H,9H2,1H3,(H,21,24)(H,22,23)/b20-8-. The fourth-order valence-corrected chi connectivity index (χ4v) is 3.13. The van der Waals surface area contributed by atoms with Crippen LogP contribution in [0.25, 0.3) is 0 Å². The Morgan fingerprint density at radius 1 is 1.35 bits per heavy atom. The Balaban J connectivity index is 2.11. The molecule has 0 aliphatic carbocycles. The number of hydrogen-bond acceptors (Lipinski definition) is 5. The molecule has 0 aromatic heterocycles. The van der Waals surface area contributed by atoms with E-state index in [0.717, 1.165) is 4.47 Å². The zero-order chi connectivity index (χ0) is 19.1. The SMILES string of the molecule is COc1cc(/C=N\NC(=O)c2cccc(Br)c2)cc(I)c1OCC(=O)O. The number of ether oxygens (including phenoxy) is 2. The number of benzene rings is 2. The zero-order valence-electron chi connectivity index (χ0n) is 13.5. The first kappa shape index (κ1) is 20.2. The first-order chi connectivity index (χ1) is 12.4. The van der Waals surface area contributed by atoms with Crippen LogP contribution in [0.1, 0.15) is 15.9 Å². The highest BCUT2D eigenvalue weighted by molar-refractivity contribution is 14.1. The number of hydrogen-bond donors (Lipinski definition) is 2. The average Bonchev–Trinajstić information content (AvgIpc) is 2.60. The Morgan fingerprint density at radius 2 is 2.12 bits per heavy atom. The van der Waals surface area contributed by atoms with Crippen LogP contribution in [-0.4, -0.2) is 36.9 Å². The minimum Gasteiger partial charge on any atom is -0.493 e. The summed E-state index contributed by atoms with van der Waals surface area (Å²) in [7, 11) is 1.45. The number of hydrazone groups is 1. The Bertz CT molecular complexity index is 857. The highest BCUT2D eigenvalue weighted by atomic mass is 127. The van der Waals surface area contributed by atoms with Gasteiger partial charge in [0.1, 0.15) is 0 Å². The number of carboxylic acids is 1. The molecule has 7 nitrogen and oxygen atoms in total. The molecule has 0 aliphatic heterocycles. The minimum absolute atomic E-state index is 0.339. The van der Waals surface area contributed by atoms with Crippen molar-refractivity contribution in [3.63, 3.8) is 0 Å². The fraction of sp³-hybridized carbons (Fsp3) is 0.118. The van der Waals surface area contributed by atoms with Crippen molar-refractivity contribution in [1.29, 1.82) is 0 Å². The smallest absolute Gasteiger partial charge is 0.341 e. The van der Waals surface area contributed by atoms with Gasteiger partial charge in [-0.05, 0) is 58.5 Å². The van der Waals surface area contributed by atoms with Gasteiger partial charge in [-0.1, -0.05) is 22.0 Å². The van der Waals surface area contributed by atoms with E-state index in [9.17, 15) is 9.59 Å². The predicted molar refractivity (Wildman–Crippen MR) is 108 cm³/mol. The summed E-state index contributed by atoms with van der Waals surface area (Å²) in [4.78, 5) is 22.7. The number of nitrogens with zero attached hydrogens (tertiary/aromatic N) is 1. The molecule has 2 aromatic carbocycles. The molecule has 0 unspecified atom stereocenters. The van der Waals surface area contributed by atoms with Crippen LogP contribution in [0, 0.1) is 3.57 Å². The van der Waals surface area contributed by atoms with Gasteiger partial charge in [-0.3, -0.25) is 4.79 Å². The lowest BCUT2D eigenvalue weighted by molar-refractivity contribution is -0.139. The van der Waals surface area contributed by atoms with Crippen LogP contribution in [-0.2, 0) is 4.79 Å². The summed E-state index contributed by atoms with van der Waals surface area (Å²) in [5, 5.41) is 12.7. The molecular weight excluding hydrogens is 519 g/mol. The van der Waals surface area contributed by atoms with E-state index < -0.39 is 12.6 Å². The van der Waals surface area contributed by atoms with Gasteiger partial charge < -0.3 is 14.6 Å². The first-order valence-corrected chi connectivity index (χ1v) is 9.09. The number of carbonyl (C=O) groups is 2. The van der Waals surface area contributed by atoms with Crippen LogP contribution in [0.4, 0.5) is 0 Å².